The van der Waals surface area contributed by atoms with Gasteiger partial charge in [0.1, 0.15) is 17.2 Å². The summed E-state index contributed by atoms with van der Waals surface area (Å²) in [5.74, 6) is 1.77. The first-order valence-electron chi connectivity index (χ1n) is 23.0. The topological polar surface area (TPSA) is 39.1 Å². The summed E-state index contributed by atoms with van der Waals surface area (Å²) in [6.07, 6.45) is 0. The van der Waals surface area contributed by atoms with Crippen molar-refractivity contribution in [3.05, 3.63) is 255 Å². The monoisotopic (exact) mass is 870 g/mol. The number of rotatable bonds is 9. The Morgan fingerprint density at radius 3 is 1.49 bits per heavy atom. The van der Waals surface area contributed by atoms with E-state index in [1.165, 1.54) is 27.4 Å². The molecule has 0 radical (unpaired) electrons. The van der Waals surface area contributed by atoms with Crippen molar-refractivity contribution in [2.24, 2.45) is 0 Å². The molecule has 3 aromatic heterocycles. The highest BCUT2D eigenvalue weighted by molar-refractivity contribution is 6.10. The van der Waals surface area contributed by atoms with Gasteiger partial charge in [0.05, 0.1) is 22.1 Å². The third-order valence-electron chi connectivity index (χ3n) is 13.2. The summed E-state index contributed by atoms with van der Waals surface area (Å²) in [5.41, 5.74) is 17.4. The van der Waals surface area contributed by atoms with Gasteiger partial charge in [-0.3, -0.25) is 4.57 Å². The molecule has 0 spiro atoms. The van der Waals surface area contributed by atoms with Gasteiger partial charge in [-0.05, 0) is 138 Å². The molecule has 0 atom stereocenters. The first-order chi connectivity index (χ1) is 33.7. The number of para-hydroxylation sites is 6. The number of benzene rings is 10. The van der Waals surface area contributed by atoms with E-state index in [0.717, 1.165) is 89.8 Å². The number of anilines is 3. The Kier molecular flexibility index (Phi) is 9.43. The fourth-order valence-electron chi connectivity index (χ4n) is 9.83. The summed E-state index contributed by atoms with van der Waals surface area (Å²) in [6.45, 7) is 0. The van der Waals surface area contributed by atoms with Crippen LogP contribution in [-0.4, -0.2) is 14.1 Å². The zero-order valence-corrected chi connectivity index (χ0v) is 36.9. The molecule has 0 aliphatic rings. The van der Waals surface area contributed by atoms with E-state index >= 15 is 0 Å². The van der Waals surface area contributed by atoms with Crippen LogP contribution < -0.4 is 4.90 Å². The molecule has 320 valence electrons. The molecule has 13 rings (SSSR count). The van der Waals surface area contributed by atoms with Gasteiger partial charge in [-0.25, -0.2) is 4.98 Å². The van der Waals surface area contributed by atoms with Crippen LogP contribution >= 0.6 is 0 Å². The van der Waals surface area contributed by atoms with Crippen LogP contribution in [0.2, 0.25) is 0 Å². The van der Waals surface area contributed by atoms with Crippen LogP contribution in [0.4, 0.5) is 17.1 Å². The van der Waals surface area contributed by atoms with Crippen molar-refractivity contribution in [2.45, 2.75) is 0 Å². The second-order valence-corrected chi connectivity index (χ2v) is 17.2. The van der Waals surface area contributed by atoms with Crippen molar-refractivity contribution in [1.82, 2.24) is 14.1 Å². The third-order valence-corrected chi connectivity index (χ3v) is 13.2. The van der Waals surface area contributed by atoms with Gasteiger partial charge < -0.3 is 13.9 Å². The molecule has 5 nitrogen and oxygen atoms in total. The molecule has 0 amide bonds. The number of hydrogen-bond acceptors (Lipinski definition) is 3. The van der Waals surface area contributed by atoms with Crippen LogP contribution in [-0.2, 0) is 0 Å². The SMILES string of the molecule is c1ccc(-n2c(-c3ccc(-c4ccc(N(c5ccc(-c6ccc7c(c6)c6ccccc6n7-c6ccccc6)cc5)c5ccc(-c6cc7ccccc7o6)cc5)cc4)cc3)nc3ccccc32)cc1. The largest absolute Gasteiger partial charge is 0.456 e. The van der Waals surface area contributed by atoms with E-state index in [9.17, 15) is 0 Å². The van der Waals surface area contributed by atoms with Gasteiger partial charge in [0.2, 0.25) is 0 Å². The Morgan fingerprint density at radius 2 is 0.824 bits per heavy atom. The van der Waals surface area contributed by atoms with E-state index in [1.807, 2.05) is 30.3 Å². The molecule has 0 fully saturated rings. The van der Waals surface area contributed by atoms with Gasteiger partial charge in [-0.1, -0.05) is 140 Å². The Hall–Kier alpha value is -9.19. The van der Waals surface area contributed by atoms with Gasteiger partial charge in [0.25, 0.3) is 0 Å². The molecule has 0 saturated heterocycles. The number of fused-ring (bicyclic) bond motifs is 5. The van der Waals surface area contributed by atoms with Crippen molar-refractivity contribution in [1.29, 1.82) is 0 Å². The van der Waals surface area contributed by atoms with Crippen LogP contribution in [0, 0.1) is 0 Å². The third kappa shape index (κ3) is 6.84. The maximum Gasteiger partial charge on any atom is 0.145 e. The highest BCUT2D eigenvalue weighted by atomic mass is 16.3. The fourth-order valence-corrected chi connectivity index (χ4v) is 9.83. The maximum absolute atomic E-state index is 6.26. The minimum absolute atomic E-state index is 0.852. The Balaban J connectivity index is 0.847. The Labute approximate surface area is 393 Å². The van der Waals surface area contributed by atoms with Crippen LogP contribution in [0.3, 0.4) is 0 Å². The van der Waals surface area contributed by atoms with E-state index < -0.39 is 0 Å². The lowest BCUT2D eigenvalue weighted by molar-refractivity contribution is 0.631. The molecule has 3 heterocycles. The second kappa shape index (κ2) is 16.4. The van der Waals surface area contributed by atoms with Crippen LogP contribution in [0.25, 0.3) is 100 Å². The molecule has 0 unspecified atom stereocenters. The lowest BCUT2D eigenvalue weighted by Gasteiger charge is -2.26. The smallest absolute Gasteiger partial charge is 0.145 e. The van der Waals surface area contributed by atoms with Gasteiger partial charge >= 0.3 is 0 Å². The molecule has 5 heteroatoms. The van der Waals surface area contributed by atoms with Crippen molar-refractivity contribution in [2.75, 3.05) is 4.90 Å². The van der Waals surface area contributed by atoms with Crippen LogP contribution in [0.1, 0.15) is 0 Å². The predicted octanol–water partition coefficient (Wildman–Crippen LogP) is 17.0. The molecule has 10 aromatic carbocycles. The van der Waals surface area contributed by atoms with E-state index in [2.05, 4.69) is 238 Å². The van der Waals surface area contributed by atoms with Gasteiger partial charge in [0, 0.05) is 55.7 Å². The molecule has 0 N–H and O–H groups in total. The number of imidazole rings is 1. The van der Waals surface area contributed by atoms with Crippen LogP contribution in [0.5, 0.6) is 0 Å². The molecule has 0 saturated carbocycles. The molecule has 68 heavy (non-hydrogen) atoms. The zero-order valence-electron chi connectivity index (χ0n) is 36.9. The molecule has 0 aliphatic carbocycles. The quantitative estimate of drug-likeness (QED) is 0.145. The fraction of sp³-hybridized carbons (Fsp3) is 0. The number of furan rings is 1. The highest BCUT2D eigenvalue weighted by Crippen LogP contribution is 2.40. The zero-order chi connectivity index (χ0) is 45.0. The molecule has 0 bridgehead atoms. The van der Waals surface area contributed by atoms with Crippen molar-refractivity contribution < 1.29 is 4.42 Å². The number of aromatic nitrogens is 3. The summed E-state index contributed by atoms with van der Waals surface area (Å²) in [7, 11) is 0. The minimum atomic E-state index is 0.852. The standard InChI is InChI=1S/C63H42N4O/c1-3-14-50(15-4-1)66-58-20-10-8-18-55(58)56-41-48(33-40-59(56)66)45-29-36-53(37-30-45)65(54-38-31-46(32-39-54)62-42-49-13-7-12-22-61(49)68-62)52-34-27-44(28-35-52)43-23-25-47(26-24-43)63-64-57-19-9-11-21-60(57)67(63)51-16-5-2-6-17-51/h1-42H. The van der Waals surface area contributed by atoms with Gasteiger partial charge in [0.15, 0.2) is 0 Å². The lowest BCUT2D eigenvalue weighted by Crippen LogP contribution is -2.09. The van der Waals surface area contributed by atoms with E-state index in [0.29, 0.717) is 0 Å². The van der Waals surface area contributed by atoms with Gasteiger partial charge in [-0.2, -0.15) is 0 Å². The predicted molar refractivity (Wildman–Crippen MR) is 282 cm³/mol. The molecular formula is C63H42N4O. The van der Waals surface area contributed by atoms with E-state index in [4.69, 9.17) is 9.40 Å². The van der Waals surface area contributed by atoms with Crippen molar-refractivity contribution in [3.63, 3.8) is 0 Å². The Morgan fingerprint density at radius 1 is 0.338 bits per heavy atom. The Bertz CT molecular complexity index is 3890. The summed E-state index contributed by atoms with van der Waals surface area (Å²) in [5, 5.41) is 3.57. The van der Waals surface area contributed by atoms with Gasteiger partial charge in [-0.15, -0.1) is 0 Å². The van der Waals surface area contributed by atoms with Crippen LogP contribution in [0.15, 0.2) is 259 Å². The normalized spacial score (nSPS) is 11.5. The maximum atomic E-state index is 6.26. The highest BCUT2D eigenvalue weighted by Gasteiger charge is 2.18. The average Bonchev–Trinajstić information content (AvgIpc) is 4.12. The molecule has 0 aliphatic heterocycles. The first kappa shape index (κ1) is 39.2. The van der Waals surface area contributed by atoms with Crippen molar-refractivity contribution in [3.8, 4) is 56.3 Å². The van der Waals surface area contributed by atoms with E-state index in [-0.39, 0.29) is 0 Å². The van der Waals surface area contributed by atoms with Crippen molar-refractivity contribution >= 4 is 60.9 Å². The lowest BCUT2D eigenvalue weighted by atomic mass is 10.0. The first-order valence-corrected chi connectivity index (χ1v) is 23.0. The van der Waals surface area contributed by atoms with E-state index in [1.54, 1.807) is 0 Å². The number of nitrogens with zero attached hydrogens (tertiary/aromatic N) is 4. The molecule has 13 aromatic rings. The summed E-state index contributed by atoms with van der Waals surface area (Å²) in [6, 6.07) is 90.4. The average molecular weight is 871 g/mol. The molecular weight excluding hydrogens is 829 g/mol. The minimum Gasteiger partial charge on any atom is -0.456 e. The second-order valence-electron chi connectivity index (χ2n) is 17.2. The number of hydrogen-bond donors (Lipinski definition) is 0. The summed E-state index contributed by atoms with van der Waals surface area (Å²) >= 11 is 0. The summed E-state index contributed by atoms with van der Waals surface area (Å²) in [4.78, 5) is 7.41. The summed E-state index contributed by atoms with van der Waals surface area (Å²) < 4.78 is 10.9.